The smallest absolute Gasteiger partial charge is 0.227 e. The number of aromatic nitrogens is 2. The van der Waals surface area contributed by atoms with Crippen LogP contribution < -0.4 is 0 Å². The third kappa shape index (κ3) is 4.52. The molecule has 1 aromatic heterocycles. The molecule has 0 bridgehead atoms. The molecule has 29 heavy (non-hydrogen) atoms. The zero-order valence-electron chi connectivity index (χ0n) is 16.9. The third-order valence-electron chi connectivity index (χ3n) is 5.40. The Bertz CT molecular complexity index is 1100. The maximum absolute atomic E-state index is 12.2. The van der Waals surface area contributed by atoms with Crippen molar-refractivity contribution in [1.29, 1.82) is 0 Å². The summed E-state index contributed by atoms with van der Waals surface area (Å²) in [7, 11) is -1.35. The Balaban J connectivity index is 1.57. The molecule has 0 spiro atoms. The van der Waals surface area contributed by atoms with E-state index in [4.69, 9.17) is 4.74 Å². The highest BCUT2D eigenvalue weighted by molar-refractivity contribution is 7.90. The number of nitrogens with zero attached hydrogens (tertiary/aromatic N) is 3. The minimum atomic E-state index is -3.40. The van der Waals surface area contributed by atoms with Gasteiger partial charge >= 0.3 is 0 Å². The fourth-order valence-electron chi connectivity index (χ4n) is 4.05. The molecular formula is C22H27N3O3S. The summed E-state index contributed by atoms with van der Waals surface area (Å²) in [5, 5.41) is 2.59. The van der Waals surface area contributed by atoms with Gasteiger partial charge < -0.3 is 9.30 Å². The van der Waals surface area contributed by atoms with Gasteiger partial charge in [0.2, 0.25) is 15.0 Å². The lowest BCUT2D eigenvalue weighted by atomic mass is 10.0. The molecule has 1 atom stereocenters. The van der Waals surface area contributed by atoms with Crippen molar-refractivity contribution in [3.05, 3.63) is 59.9 Å². The summed E-state index contributed by atoms with van der Waals surface area (Å²) < 4.78 is 32.0. The molecule has 1 saturated heterocycles. The van der Waals surface area contributed by atoms with Crippen LogP contribution in [-0.4, -0.2) is 48.9 Å². The Morgan fingerprint density at radius 3 is 2.72 bits per heavy atom. The molecule has 0 N–H and O–H groups in total. The van der Waals surface area contributed by atoms with Crippen molar-refractivity contribution in [2.24, 2.45) is 0 Å². The molecular weight excluding hydrogens is 386 g/mol. The van der Waals surface area contributed by atoms with Gasteiger partial charge in [0.1, 0.15) is 0 Å². The van der Waals surface area contributed by atoms with Gasteiger partial charge in [-0.1, -0.05) is 42.5 Å². The first-order valence-corrected chi connectivity index (χ1v) is 11.8. The Morgan fingerprint density at radius 1 is 1.17 bits per heavy atom. The lowest BCUT2D eigenvalue weighted by Crippen LogP contribution is -2.24. The van der Waals surface area contributed by atoms with Gasteiger partial charge in [0.15, 0.2) is 0 Å². The van der Waals surface area contributed by atoms with E-state index in [-0.39, 0.29) is 11.3 Å². The molecule has 3 aromatic rings. The molecule has 7 heteroatoms. The average molecular weight is 414 g/mol. The molecule has 1 aliphatic heterocycles. The Kier molecular flexibility index (Phi) is 5.72. The van der Waals surface area contributed by atoms with Crippen molar-refractivity contribution in [2.75, 3.05) is 19.9 Å². The molecule has 0 amide bonds. The van der Waals surface area contributed by atoms with Crippen LogP contribution >= 0.6 is 0 Å². The summed E-state index contributed by atoms with van der Waals surface area (Å²) in [5.41, 5.74) is 2.14. The topological polar surface area (TPSA) is 64.4 Å². The van der Waals surface area contributed by atoms with Crippen LogP contribution in [0.4, 0.5) is 0 Å². The lowest BCUT2D eigenvalue weighted by molar-refractivity contribution is 0.0934. The van der Waals surface area contributed by atoms with Gasteiger partial charge in [-0.05, 0) is 36.2 Å². The molecule has 1 aliphatic rings. The van der Waals surface area contributed by atoms with Gasteiger partial charge in [0.25, 0.3) is 0 Å². The highest BCUT2D eigenvalue weighted by Gasteiger charge is 2.24. The third-order valence-corrected chi connectivity index (χ3v) is 6.38. The zero-order chi connectivity index (χ0) is 20.4. The first-order valence-electron chi connectivity index (χ1n) is 9.93. The van der Waals surface area contributed by atoms with Crippen LogP contribution in [0.15, 0.2) is 53.8 Å². The summed E-state index contributed by atoms with van der Waals surface area (Å²) in [6.45, 7) is 2.64. The van der Waals surface area contributed by atoms with Gasteiger partial charge in [0, 0.05) is 26.0 Å². The van der Waals surface area contributed by atoms with Crippen LogP contribution in [-0.2, 0) is 34.2 Å². The van der Waals surface area contributed by atoms with Crippen LogP contribution in [0.1, 0.15) is 24.1 Å². The Morgan fingerprint density at radius 2 is 1.97 bits per heavy atom. The van der Waals surface area contributed by atoms with E-state index < -0.39 is 9.84 Å². The standard InChI is InChI=1S/C22H27N3O3S/c1-24(14-18-9-5-8-17-7-3-4-11-21(17)18)15-19-13-23-22(29(2,26)27)25(19)16-20-10-6-12-28-20/h3-5,7-9,11,13,20H,6,10,12,14-16H2,1-2H3/t20-/m0/s1. The highest BCUT2D eigenvalue weighted by Crippen LogP contribution is 2.22. The molecule has 1 fully saturated rings. The highest BCUT2D eigenvalue weighted by atomic mass is 32.2. The second kappa shape index (κ2) is 8.26. The maximum atomic E-state index is 12.2. The number of imidazole rings is 1. The van der Waals surface area contributed by atoms with Crippen LogP contribution in [0.5, 0.6) is 0 Å². The van der Waals surface area contributed by atoms with Crippen molar-refractivity contribution < 1.29 is 13.2 Å². The summed E-state index contributed by atoms with van der Waals surface area (Å²) >= 11 is 0. The second-order valence-corrected chi connectivity index (χ2v) is 9.77. The lowest BCUT2D eigenvalue weighted by Gasteiger charge is -2.21. The molecule has 4 rings (SSSR count). The van der Waals surface area contributed by atoms with Gasteiger partial charge in [-0.15, -0.1) is 0 Å². The van der Waals surface area contributed by atoms with Crippen molar-refractivity contribution in [1.82, 2.24) is 14.5 Å². The van der Waals surface area contributed by atoms with Crippen molar-refractivity contribution in [3.63, 3.8) is 0 Å². The van der Waals surface area contributed by atoms with E-state index in [1.165, 1.54) is 22.6 Å². The van der Waals surface area contributed by atoms with E-state index in [9.17, 15) is 8.42 Å². The second-order valence-electron chi connectivity index (χ2n) is 7.86. The number of benzene rings is 2. The van der Waals surface area contributed by atoms with Gasteiger partial charge in [-0.2, -0.15) is 0 Å². The molecule has 6 nitrogen and oxygen atoms in total. The van der Waals surface area contributed by atoms with E-state index >= 15 is 0 Å². The van der Waals surface area contributed by atoms with Gasteiger partial charge in [-0.25, -0.2) is 13.4 Å². The molecule has 0 unspecified atom stereocenters. The van der Waals surface area contributed by atoms with E-state index in [0.717, 1.165) is 31.7 Å². The zero-order valence-corrected chi connectivity index (χ0v) is 17.7. The number of ether oxygens (including phenoxy) is 1. The summed E-state index contributed by atoms with van der Waals surface area (Å²) in [6, 6.07) is 14.7. The molecule has 0 saturated carbocycles. The summed E-state index contributed by atoms with van der Waals surface area (Å²) in [6.07, 6.45) is 4.92. The first-order chi connectivity index (χ1) is 13.9. The normalized spacial score (nSPS) is 17.4. The number of rotatable bonds is 7. The summed E-state index contributed by atoms with van der Waals surface area (Å²) in [5.74, 6) is 0. The molecule has 0 aliphatic carbocycles. The van der Waals surface area contributed by atoms with Crippen LogP contribution in [0.3, 0.4) is 0 Å². The monoisotopic (exact) mass is 413 g/mol. The van der Waals surface area contributed by atoms with Gasteiger partial charge in [0.05, 0.1) is 24.5 Å². The van der Waals surface area contributed by atoms with E-state index in [0.29, 0.717) is 13.1 Å². The minimum absolute atomic E-state index is 0.0480. The predicted molar refractivity (Wildman–Crippen MR) is 113 cm³/mol. The van der Waals surface area contributed by atoms with E-state index in [1.54, 1.807) is 6.20 Å². The van der Waals surface area contributed by atoms with Crippen LogP contribution in [0.2, 0.25) is 0 Å². The fourth-order valence-corrected chi connectivity index (χ4v) is 4.89. The first kappa shape index (κ1) is 20.1. The molecule has 2 heterocycles. The average Bonchev–Trinajstić information content (AvgIpc) is 3.33. The minimum Gasteiger partial charge on any atom is -0.376 e. The van der Waals surface area contributed by atoms with Crippen LogP contribution in [0.25, 0.3) is 10.8 Å². The maximum Gasteiger partial charge on any atom is 0.227 e. The quantitative estimate of drug-likeness (QED) is 0.595. The molecule has 154 valence electrons. The van der Waals surface area contributed by atoms with Gasteiger partial charge in [-0.3, -0.25) is 4.90 Å². The Hall–Kier alpha value is -2.22. The fraction of sp³-hybridized carbons (Fsp3) is 0.409. The number of hydrogen-bond donors (Lipinski definition) is 0. The van der Waals surface area contributed by atoms with Crippen molar-refractivity contribution in [3.8, 4) is 0 Å². The van der Waals surface area contributed by atoms with Crippen LogP contribution in [0, 0.1) is 0 Å². The number of hydrogen-bond acceptors (Lipinski definition) is 5. The van der Waals surface area contributed by atoms with E-state index in [1.807, 2.05) is 17.7 Å². The molecule has 2 aromatic carbocycles. The number of fused-ring (bicyclic) bond motifs is 1. The summed E-state index contributed by atoms with van der Waals surface area (Å²) in [4.78, 5) is 6.42. The molecule has 0 radical (unpaired) electrons. The number of sulfone groups is 1. The largest absolute Gasteiger partial charge is 0.376 e. The Labute approximate surface area is 172 Å². The van der Waals surface area contributed by atoms with Crippen molar-refractivity contribution in [2.45, 2.75) is 43.7 Å². The SMILES string of the molecule is CN(Cc1cccc2ccccc12)Cc1cnc(S(C)(=O)=O)n1C[C@@H]1CCCO1. The van der Waals surface area contributed by atoms with Crippen molar-refractivity contribution >= 4 is 20.6 Å². The predicted octanol–water partition coefficient (Wildman–Crippen LogP) is 3.25. The van der Waals surface area contributed by atoms with E-state index in [2.05, 4.69) is 46.3 Å².